The minimum absolute atomic E-state index is 0.169. The Kier molecular flexibility index (Phi) is 5.43. The Morgan fingerprint density at radius 3 is 2.37 bits per heavy atom. The van der Waals surface area contributed by atoms with E-state index in [0.717, 1.165) is 21.8 Å². The van der Waals surface area contributed by atoms with Crippen LogP contribution in [-0.4, -0.2) is 5.33 Å². The summed E-state index contributed by atoms with van der Waals surface area (Å²) < 4.78 is 14.5. The van der Waals surface area contributed by atoms with Crippen LogP contribution in [0.5, 0.6) is 0 Å². The van der Waals surface area contributed by atoms with E-state index < -0.39 is 0 Å². The average Bonchev–Trinajstić information content (AvgIpc) is 2.41. The second-order valence-electron chi connectivity index (χ2n) is 4.36. The predicted octanol–water partition coefficient (Wildman–Crippen LogP) is 5.96. The molecule has 0 bridgehead atoms. The lowest BCUT2D eigenvalue weighted by molar-refractivity contribution is 0.624. The molecule has 0 N–H and O–H groups in total. The Morgan fingerprint density at radius 2 is 1.79 bits per heavy atom. The van der Waals surface area contributed by atoms with Crippen molar-refractivity contribution >= 4 is 43.5 Å². The fourth-order valence-corrected chi connectivity index (χ4v) is 2.93. The molecule has 0 amide bonds. The van der Waals surface area contributed by atoms with Crippen molar-refractivity contribution in [2.45, 2.75) is 12.3 Å². The second-order valence-corrected chi connectivity index (χ2v) is 6.33. The molecule has 0 aliphatic carbocycles. The monoisotopic (exact) mass is 404 g/mol. The van der Waals surface area contributed by atoms with Crippen molar-refractivity contribution < 1.29 is 4.39 Å². The summed E-state index contributed by atoms with van der Waals surface area (Å²) in [7, 11) is 0. The van der Waals surface area contributed by atoms with E-state index in [1.54, 1.807) is 6.07 Å². The molecule has 0 radical (unpaired) electrons. The van der Waals surface area contributed by atoms with Gasteiger partial charge in [-0.25, -0.2) is 4.39 Å². The maximum atomic E-state index is 13.4. The maximum absolute atomic E-state index is 13.4. The predicted molar refractivity (Wildman–Crippen MR) is 85.8 cm³/mol. The Labute approximate surface area is 134 Å². The Balaban J connectivity index is 2.18. The first-order valence-corrected chi connectivity index (χ1v) is 8.14. The SMILES string of the molecule is Fc1cc(CC(CBr)c2ccc(Br)cc2)ccc1Cl. The Bertz CT molecular complexity index is 555. The van der Waals surface area contributed by atoms with Crippen LogP contribution >= 0.6 is 43.5 Å². The van der Waals surface area contributed by atoms with E-state index in [0.29, 0.717) is 5.92 Å². The van der Waals surface area contributed by atoms with Crippen LogP contribution in [0.2, 0.25) is 5.02 Å². The summed E-state index contributed by atoms with van der Waals surface area (Å²) in [5.74, 6) is -0.0445. The van der Waals surface area contributed by atoms with E-state index in [9.17, 15) is 4.39 Å². The van der Waals surface area contributed by atoms with Gasteiger partial charge in [-0.1, -0.05) is 61.7 Å². The van der Waals surface area contributed by atoms with Gasteiger partial charge in [-0.3, -0.25) is 0 Å². The molecule has 0 aromatic heterocycles. The molecule has 2 rings (SSSR count). The van der Waals surface area contributed by atoms with Crippen molar-refractivity contribution in [3.8, 4) is 0 Å². The van der Waals surface area contributed by atoms with Crippen LogP contribution < -0.4 is 0 Å². The van der Waals surface area contributed by atoms with E-state index in [1.807, 2.05) is 18.2 Å². The first-order valence-electron chi connectivity index (χ1n) is 5.85. The normalized spacial score (nSPS) is 12.4. The lowest BCUT2D eigenvalue weighted by Crippen LogP contribution is -2.04. The number of benzene rings is 2. The van der Waals surface area contributed by atoms with Crippen LogP contribution in [0, 0.1) is 5.82 Å². The summed E-state index contributed by atoms with van der Waals surface area (Å²) in [6, 6.07) is 13.2. The lowest BCUT2D eigenvalue weighted by Gasteiger charge is -2.15. The third-order valence-electron chi connectivity index (χ3n) is 2.99. The molecule has 1 atom stereocenters. The first kappa shape index (κ1) is 15.0. The zero-order chi connectivity index (χ0) is 13.8. The molecule has 0 saturated heterocycles. The molecule has 2 aromatic carbocycles. The number of alkyl halides is 1. The van der Waals surface area contributed by atoms with Gasteiger partial charge >= 0.3 is 0 Å². The zero-order valence-corrected chi connectivity index (χ0v) is 14.0. The van der Waals surface area contributed by atoms with Gasteiger partial charge < -0.3 is 0 Å². The smallest absolute Gasteiger partial charge is 0.142 e. The highest BCUT2D eigenvalue weighted by Gasteiger charge is 2.12. The highest BCUT2D eigenvalue weighted by molar-refractivity contribution is 9.10. The molecule has 0 spiro atoms. The summed E-state index contributed by atoms with van der Waals surface area (Å²) in [6.45, 7) is 0. The second kappa shape index (κ2) is 6.87. The third kappa shape index (κ3) is 4.04. The van der Waals surface area contributed by atoms with Crippen LogP contribution in [0.1, 0.15) is 17.0 Å². The summed E-state index contributed by atoms with van der Waals surface area (Å²) in [6.07, 6.45) is 0.779. The maximum Gasteiger partial charge on any atom is 0.142 e. The molecule has 0 aliphatic rings. The van der Waals surface area contributed by atoms with Crippen molar-refractivity contribution in [2.75, 3.05) is 5.33 Å². The minimum atomic E-state index is -0.358. The van der Waals surface area contributed by atoms with Gasteiger partial charge in [0.2, 0.25) is 0 Å². The fraction of sp³-hybridized carbons (Fsp3) is 0.200. The molecule has 19 heavy (non-hydrogen) atoms. The average molecular weight is 407 g/mol. The van der Waals surface area contributed by atoms with Crippen molar-refractivity contribution in [3.05, 3.63) is 68.9 Å². The minimum Gasteiger partial charge on any atom is -0.205 e. The molecule has 0 fully saturated rings. The third-order valence-corrected chi connectivity index (χ3v) is 4.61. The largest absolute Gasteiger partial charge is 0.205 e. The molecule has 0 nitrogen and oxygen atoms in total. The van der Waals surface area contributed by atoms with Crippen molar-refractivity contribution in [2.24, 2.45) is 0 Å². The lowest BCUT2D eigenvalue weighted by atomic mass is 9.94. The van der Waals surface area contributed by atoms with Gasteiger partial charge in [0.1, 0.15) is 5.82 Å². The summed E-state index contributed by atoms with van der Waals surface area (Å²) in [5, 5.41) is 1.00. The van der Waals surface area contributed by atoms with Crippen molar-refractivity contribution in [3.63, 3.8) is 0 Å². The highest BCUT2D eigenvalue weighted by atomic mass is 79.9. The van der Waals surface area contributed by atoms with Gasteiger partial charge in [0.15, 0.2) is 0 Å². The van der Waals surface area contributed by atoms with E-state index in [2.05, 4.69) is 44.0 Å². The van der Waals surface area contributed by atoms with E-state index in [-0.39, 0.29) is 10.8 Å². The molecule has 4 heteroatoms. The molecular formula is C15H12Br2ClF. The van der Waals surface area contributed by atoms with Crippen LogP contribution in [0.4, 0.5) is 4.39 Å². The van der Waals surface area contributed by atoms with Crippen LogP contribution in [0.3, 0.4) is 0 Å². The Morgan fingerprint density at radius 1 is 1.11 bits per heavy atom. The van der Waals surface area contributed by atoms with Crippen LogP contribution in [0.15, 0.2) is 46.9 Å². The molecule has 100 valence electrons. The van der Waals surface area contributed by atoms with Crippen LogP contribution in [-0.2, 0) is 6.42 Å². The first-order chi connectivity index (χ1) is 9.10. The van der Waals surface area contributed by atoms with Gasteiger partial charge in [0.05, 0.1) is 5.02 Å². The van der Waals surface area contributed by atoms with Gasteiger partial charge in [0.25, 0.3) is 0 Å². The summed E-state index contributed by atoms with van der Waals surface area (Å²) >= 11 is 12.7. The molecule has 2 aromatic rings. The molecule has 0 aliphatic heterocycles. The molecule has 0 saturated carbocycles. The van der Waals surface area contributed by atoms with Crippen molar-refractivity contribution in [1.82, 2.24) is 0 Å². The topological polar surface area (TPSA) is 0 Å². The van der Waals surface area contributed by atoms with E-state index in [4.69, 9.17) is 11.6 Å². The van der Waals surface area contributed by atoms with Gasteiger partial charge in [-0.05, 0) is 47.7 Å². The Hall–Kier alpha value is -0.380. The zero-order valence-electron chi connectivity index (χ0n) is 10.0. The van der Waals surface area contributed by atoms with Gasteiger partial charge in [-0.15, -0.1) is 0 Å². The highest BCUT2D eigenvalue weighted by Crippen LogP contribution is 2.26. The summed E-state index contributed by atoms with van der Waals surface area (Å²) in [4.78, 5) is 0. The molecule has 1 unspecified atom stereocenters. The van der Waals surface area contributed by atoms with Crippen LogP contribution in [0.25, 0.3) is 0 Å². The fourth-order valence-electron chi connectivity index (χ4n) is 1.95. The number of halogens is 4. The number of hydrogen-bond donors (Lipinski definition) is 0. The van der Waals surface area contributed by atoms with Gasteiger partial charge in [-0.2, -0.15) is 0 Å². The van der Waals surface area contributed by atoms with Gasteiger partial charge in [0, 0.05) is 9.80 Å². The summed E-state index contributed by atoms with van der Waals surface area (Å²) in [5.41, 5.74) is 2.18. The van der Waals surface area contributed by atoms with E-state index in [1.165, 1.54) is 11.6 Å². The number of rotatable bonds is 4. The quantitative estimate of drug-likeness (QED) is 0.550. The number of hydrogen-bond acceptors (Lipinski definition) is 0. The molecular weight excluding hydrogens is 394 g/mol. The molecule has 0 heterocycles. The van der Waals surface area contributed by atoms with E-state index >= 15 is 0 Å². The standard InChI is InChI=1S/C15H12Br2ClF/c16-9-12(11-2-4-13(17)5-3-11)7-10-1-6-14(18)15(19)8-10/h1-6,8,12H,7,9H2. The van der Waals surface area contributed by atoms with Crippen molar-refractivity contribution in [1.29, 1.82) is 0 Å².